The molecule has 0 amide bonds. The van der Waals surface area contributed by atoms with E-state index >= 15 is 0 Å². The largest absolute Gasteiger partial charge is 0.345 e. The van der Waals surface area contributed by atoms with E-state index in [2.05, 4.69) is 9.97 Å². The number of benzene rings is 1. The summed E-state index contributed by atoms with van der Waals surface area (Å²) in [5.41, 5.74) is 1.67. The Kier molecular flexibility index (Phi) is 1.99. The predicted molar refractivity (Wildman–Crippen MR) is 48.7 cm³/mol. The van der Waals surface area contributed by atoms with Crippen LogP contribution in [0, 0.1) is 17.1 Å². The lowest BCUT2D eigenvalue weighted by Crippen LogP contribution is -1.86. The van der Waals surface area contributed by atoms with Gasteiger partial charge in [-0.05, 0) is 18.2 Å². The second-order valence-electron chi connectivity index (χ2n) is 2.77. The van der Waals surface area contributed by atoms with Crippen LogP contribution in [0.2, 0.25) is 0 Å². The van der Waals surface area contributed by atoms with Crippen LogP contribution in [-0.2, 0) is 0 Å². The van der Waals surface area contributed by atoms with E-state index in [1.54, 1.807) is 12.3 Å². The number of nitriles is 1. The van der Waals surface area contributed by atoms with E-state index in [-0.39, 0.29) is 0 Å². The maximum Gasteiger partial charge on any atom is 0.124 e. The van der Waals surface area contributed by atoms with Gasteiger partial charge >= 0.3 is 0 Å². The fourth-order valence-corrected chi connectivity index (χ4v) is 1.25. The van der Waals surface area contributed by atoms with Crippen LogP contribution >= 0.6 is 0 Å². The van der Waals surface area contributed by atoms with Gasteiger partial charge in [0.15, 0.2) is 0 Å². The zero-order valence-electron chi connectivity index (χ0n) is 7.16. The molecule has 1 aromatic heterocycles. The van der Waals surface area contributed by atoms with Gasteiger partial charge in [0.25, 0.3) is 0 Å². The van der Waals surface area contributed by atoms with Crippen molar-refractivity contribution in [3.63, 3.8) is 0 Å². The molecule has 4 heteroatoms. The molecule has 3 nitrogen and oxygen atoms in total. The minimum absolute atomic E-state index is 0.300. The lowest BCUT2D eigenvalue weighted by atomic mass is 10.1. The van der Waals surface area contributed by atoms with Crippen molar-refractivity contribution in [1.82, 2.24) is 9.97 Å². The molecule has 0 unspecified atom stereocenters. The number of H-pyrrole nitrogens is 1. The third-order valence-corrected chi connectivity index (χ3v) is 1.89. The van der Waals surface area contributed by atoms with Gasteiger partial charge < -0.3 is 4.98 Å². The third kappa shape index (κ3) is 1.36. The Labute approximate surface area is 79.8 Å². The number of hydrogen-bond donors (Lipinski definition) is 1. The Morgan fingerprint density at radius 3 is 2.93 bits per heavy atom. The molecule has 68 valence electrons. The fourth-order valence-electron chi connectivity index (χ4n) is 1.25. The molecule has 0 fully saturated rings. The Morgan fingerprint density at radius 2 is 2.29 bits per heavy atom. The summed E-state index contributed by atoms with van der Waals surface area (Å²) >= 11 is 0. The highest BCUT2D eigenvalue weighted by Crippen LogP contribution is 2.21. The van der Waals surface area contributed by atoms with Crippen molar-refractivity contribution < 1.29 is 4.39 Å². The number of aromatic nitrogens is 2. The van der Waals surface area contributed by atoms with Crippen LogP contribution in [0.25, 0.3) is 11.3 Å². The first-order valence-electron chi connectivity index (χ1n) is 3.99. The molecular formula is C10H6FN3. The summed E-state index contributed by atoms with van der Waals surface area (Å²) in [5.74, 6) is -0.412. The predicted octanol–water partition coefficient (Wildman–Crippen LogP) is 2.09. The monoisotopic (exact) mass is 187 g/mol. The second kappa shape index (κ2) is 3.30. The maximum absolute atomic E-state index is 12.8. The first kappa shape index (κ1) is 8.45. The van der Waals surface area contributed by atoms with E-state index < -0.39 is 5.82 Å². The van der Waals surface area contributed by atoms with Crippen molar-refractivity contribution in [1.29, 1.82) is 5.26 Å². The summed E-state index contributed by atoms with van der Waals surface area (Å²) in [6.07, 6.45) is 3.11. The topological polar surface area (TPSA) is 52.5 Å². The first-order chi connectivity index (χ1) is 6.81. The van der Waals surface area contributed by atoms with Crippen molar-refractivity contribution in [2.45, 2.75) is 0 Å². The van der Waals surface area contributed by atoms with Gasteiger partial charge in [-0.2, -0.15) is 5.26 Å². The maximum atomic E-state index is 12.8. The molecule has 0 spiro atoms. The van der Waals surface area contributed by atoms with Crippen molar-refractivity contribution in [3.8, 4) is 17.3 Å². The van der Waals surface area contributed by atoms with E-state index in [4.69, 9.17) is 5.26 Å². The van der Waals surface area contributed by atoms with Gasteiger partial charge in [0.2, 0.25) is 0 Å². The number of halogens is 1. The summed E-state index contributed by atoms with van der Waals surface area (Å²) in [4.78, 5) is 6.70. The SMILES string of the molecule is N#Cc1cc(F)ccc1-c1cnc[nH]1. The normalized spacial score (nSPS) is 9.71. The molecule has 1 aromatic carbocycles. The van der Waals surface area contributed by atoms with E-state index in [0.717, 1.165) is 0 Å². The average molecular weight is 187 g/mol. The summed E-state index contributed by atoms with van der Waals surface area (Å²) in [7, 11) is 0. The van der Waals surface area contributed by atoms with Crippen LogP contribution in [0.1, 0.15) is 5.56 Å². The second-order valence-corrected chi connectivity index (χ2v) is 2.77. The van der Waals surface area contributed by atoms with Crippen molar-refractivity contribution in [2.24, 2.45) is 0 Å². The fraction of sp³-hybridized carbons (Fsp3) is 0. The molecule has 0 atom stereocenters. The Hall–Kier alpha value is -2.15. The molecule has 0 saturated heterocycles. The minimum atomic E-state index is -0.412. The molecular weight excluding hydrogens is 181 g/mol. The van der Waals surface area contributed by atoms with Gasteiger partial charge in [-0.1, -0.05) is 0 Å². The smallest absolute Gasteiger partial charge is 0.124 e. The molecule has 2 aromatic rings. The highest BCUT2D eigenvalue weighted by molar-refractivity contribution is 5.66. The van der Waals surface area contributed by atoms with Crippen molar-refractivity contribution in [3.05, 3.63) is 42.1 Å². The number of imidazole rings is 1. The van der Waals surface area contributed by atoms with Crippen LogP contribution in [0.3, 0.4) is 0 Å². The zero-order chi connectivity index (χ0) is 9.97. The van der Waals surface area contributed by atoms with Crippen molar-refractivity contribution in [2.75, 3.05) is 0 Å². The molecule has 0 saturated carbocycles. The molecule has 0 aliphatic rings. The van der Waals surface area contributed by atoms with E-state index in [9.17, 15) is 4.39 Å². The highest BCUT2D eigenvalue weighted by atomic mass is 19.1. The van der Waals surface area contributed by atoms with Crippen LogP contribution in [0.4, 0.5) is 4.39 Å². The van der Waals surface area contributed by atoms with Gasteiger partial charge in [-0.15, -0.1) is 0 Å². The lowest BCUT2D eigenvalue weighted by Gasteiger charge is -1.99. The Morgan fingerprint density at radius 1 is 1.43 bits per heavy atom. The average Bonchev–Trinajstić information content (AvgIpc) is 2.70. The van der Waals surface area contributed by atoms with Crippen molar-refractivity contribution >= 4 is 0 Å². The quantitative estimate of drug-likeness (QED) is 0.743. The first-order valence-corrected chi connectivity index (χ1v) is 3.99. The van der Waals surface area contributed by atoms with Gasteiger partial charge in [-0.3, -0.25) is 0 Å². The standard InChI is InChI=1S/C10H6FN3/c11-8-1-2-9(7(3-8)4-12)10-5-13-6-14-10/h1-3,5-6H,(H,13,14). The molecule has 1 heterocycles. The summed E-state index contributed by atoms with van der Waals surface area (Å²) in [6.45, 7) is 0. The Bertz CT molecular complexity index is 483. The van der Waals surface area contributed by atoms with Gasteiger partial charge in [0.05, 0.1) is 29.9 Å². The number of hydrogen-bond acceptors (Lipinski definition) is 2. The zero-order valence-corrected chi connectivity index (χ0v) is 7.16. The van der Waals surface area contributed by atoms with E-state index in [1.807, 2.05) is 6.07 Å². The molecule has 0 aliphatic carbocycles. The molecule has 14 heavy (non-hydrogen) atoms. The Balaban J connectivity index is 2.60. The van der Waals surface area contributed by atoms with Gasteiger partial charge in [0.1, 0.15) is 5.82 Å². The number of rotatable bonds is 1. The molecule has 0 radical (unpaired) electrons. The molecule has 0 aliphatic heterocycles. The van der Waals surface area contributed by atoms with E-state index in [0.29, 0.717) is 16.8 Å². The van der Waals surface area contributed by atoms with Gasteiger partial charge in [0, 0.05) is 5.56 Å². The highest BCUT2D eigenvalue weighted by Gasteiger charge is 2.06. The summed E-state index contributed by atoms with van der Waals surface area (Å²) < 4.78 is 12.8. The third-order valence-electron chi connectivity index (χ3n) is 1.89. The van der Waals surface area contributed by atoms with Crippen LogP contribution in [0.15, 0.2) is 30.7 Å². The van der Waals surface area contributed by atoms with Crippen LogP contribution in [0.5, 0.6) is 0 Å². The summed E-state index contributed by atoms with van der Waals surface area (Å²) in [5, 5.41) is 8.79. The number of nitrogens with one attached hydrogen (secondary N) is 1. The number of nitrogens with zero attached hydrogens (tertiary/aromatic N) is 2. The number of aromatic amines is 1. The van der Waals surface area contributed by atoms with Crippen LogP contribution in [-0.4, -0.2) is 9.97 Å². The molecule has 1 N–H and O–H groups in total. The minimum Gasteiger partial charge on any atom is -0.345 e. The molecule has 2 rings (SSSR count). The van der Waals surface area contributed by atoms with Gasteiger partial charge in [-0.25, -0.2) is 9.37 Å². The lowest BCUT2D eigenvalue weighted by molar-refractivity contribution is 0.627. The van der Waals surface area contributed by atoms with E-state index in [1.165, 1.54) is 18.5 Å². The summed E-state index contributed by atoms with van der Waals surface area (Å²) in [6, 6.07) is 6.01. The van der Waals surface area contributed by atoms with Crippen LogP contribution < -0.4 is 0 Å². The molecule has 0 bridgehead atoms.